The Morgan fingerprint density at radius 2 is 1.78 bits per heavy atom. The van der Waals surface area contributed by atoms with E-state index in [1.807, 2.05) is 43.3 Å². The lowest BCUT2D eigenvalue weighted by Crippen LogP contribution is -2.51. The third-order valence-corrected chi connectivity index (χ3v) is 5.43. The van der Waals surface area contributed by atoms with Gasteiger partial charge in [0, 0.05) is 5.39 Å². The number of ether oxygens (including phenoxy) is 1. The molecule has 1 heterocycles. The van der Waals surface area contributed by atoms with Gasteiger partial charge in [-0.1, -0.05) is 30.3 Å². The fraction of sp³-hybridized carbons (Fsp3) is 0.304. The standard InChI is InChI=1S/C23H27BN2O6/c1-14(22(27)25-15(2)16-7-6-8-18(11-16)31-3)23(28)26-21(24(29)30)12-17-13-32-20-10-5-4-9-19(17)20/h4-11,13-15,21,29-30H,12H2,1-3H3,(H,25,27)(H,26,28)/t14?,15?,21-/m0/s1. The third kappa shape index (κ3) is 5.49. The summed E-state index contributed by atoms with van der Waals surface area (Å²) in [5.74, 6) is -2.45. The van der Waals surface area contributed by atoms with Crippen LogP contribution in [-0.4, -0.2) is 42.0 Å². The molecule has 0 bridgehead atoms. The molecule has 2 amide bonds. The van der Waals surface area contributed by atoms with Gasteiger partial charge in [0.1, 0.15) is 17.3 Å². The predicted octanol–water partition coefficient (Wildman–Crippen LogP) is 1.99. The number of fused-ring (bicyclic) bond motifs is 1. The van der Waals surface area contributed by atoms with E-state index in [9.17, 15) is 19.6 Å². The summed E-state index contributed by atoms with van der Waals surface area (Å²) in [6, 6.07) is 14.3. The summed E-state index contributed by atoms with van der Waals surface area (Å²) in [4.78, 5) is 25.3. The summed E-state index contributed by atoms with van der Waals surface area (Å²) >= 11 is 0. The Morgan fingerprint density at radius 3 is 2.50 bits per heavy atom. The molecule has 1 aromatic heterocycles. The van der Waals surface area contributed by atoms with Crippen molar-refractivity contribution >= 4 is 29.9 Å². The molecule has 4 N–H and O–H groups in total. The molecule has 0 saturated carbocycles. The van der Waals surface area contributed by atoms with Crippen LogP contribution in [0.5, 0.6) is 5.75 Å². The molecule has 0 fully saturated rings. The molecule has 2 aromatic carbocycles. The number of para-hydroxylation sites is 1. The second-order valence-electron chi connectivity index (χ2n) is 7.72. The molecule has 9 heteroatoms. The zero-order valence-corrected chi connectivity index (χ0v) is 18.2. The van der Waals surface area contributed by atoms with Gasteiger partial charge in [-0.3, -0.25) is 9.59 Å². The van der Waals surface area contributed by atoms with E-state index in [0.717, 1.165) is 16.5 Å². The highest BCUT2D eigenvalue weighted by Gasteiger charge is 2.31. The molecule has 0 aliphatic heterocycles. The lowest BCUT2D eigenvalue weighted by atomic mass is 9.75. The molecule has 2 unspecified atom stereocenters. The maximum absolute atomic E-state index is 12.7. The van der Waals surface area contributed by atoms with Gasteiger partial charge in [0.15, 0.2) is 0 Å². The Kier molecular flexibility index (Phi) is 7.55. The zero-order valence-electron chi connectivity index (χ0n) is 18.2. The van der Waals surface area contributed by atoms with Crippen molar-refractivity contribution in [3.63, 3.8) is 0 Å². The molecule has 0 spiro atoms. The van der Waals surface area contributed by atoms with Gasteiger partial charge in [-0.15, -0.1) is 0 Å². The lowest BCUT2D eigenvalue weighted by Gasteiger charge is -2.21. The van der Waals surface area contributed by atoms with Crippen molar-refractivity contribution in [1.29, 1.82) is 0 Å². The number of hydrogen-bond acceptors (Lipinski definition) is 6. The van der Waals surface area contributed by atoms with Crippen molar-refractivity contribution in [3.8, 4) is 5.75 Å². The quantitative estimate of drug-likeness (QED) is 0.300. The summed E-state index contributed by atoms with van der Waals surface area (Å²) in [5.41, 5.74) is 2.22. The Morgan fingerprint density at radius 1 is 1.06 bits per heavy atom. The first-order chi connectivity index (χ1) is 15.3. The van der Waals surface area contributed by atoms with Gasteiger partial charge in [0.25, 0.3) is 0 Å². The predicted molar refractivity (Wildman–Crippen MR) is 121 cm³/mol. The summed E-state index contributed by atoms with van der Waals surface area (Å²) < 4.78 is 10.7. The molecule has 0 saturated heterocycles. The second kappa shape index (κ2) is 10.3. The number of benzene rings is 2. The average molecular weight is 438 g/mol. The number of carbonyl (C=O) groups excluding carboxylic acids is 2. The molecular formula is C23H27BN2O6. The van der Waals surface area contributed by atoms with E-state index in [4.69, 9.17) is 9.15 Å². The Bertz CT molecular complexity index is 1080. The largest absolute Gasteiger partial charge is 0.497 e. The first-order valence-electron chi connectivity index (χ1n) is 10.4. The maximum Gasteiger partial charge on any atom is 0.475 e. The van der Waals surface area contributed by atoms with Crippen molar-refractivity contribution in [1.82, 2.24) is 10.6 Å². The number of rotatable bonds is 9. The maximum atomic E-state index is 12.7. The minimum Gasteiger partial charge on any atom is -0.497 e. The van der Waals surface area contributed by atoms with Gasteiger partial charge in [-0.2, -0.15) is 0 Å². The first kappa shape index (κ1) is 23.4. The molecule has 3 rings (SSSR count). The monoisotopic (exact) mass is 438 g/mol. The topological polar surface area (TPSA) is 121 Å². The third-order valence-electron chi connectivity index (χ3n) is 5.43. The Labute approximate surface area is 186 Å². The van der Waals surface area contributed by atoms with Gasteiger partial charge in [-0.25, -0.2) is 0 Å². The van der Waals surface area contributed by atoms with E-state index in [-0.39, 0.29) is 12.5 Å². The minimum absolute atomic E-state index is 0.134. The molecule has 8 nitrogen and oxygen atoms in total. The second-order valence-corrected chi connectivity index (χ2v) is 7.72. The molecule has 32 heavy (non-hydrogen) atoms. The minimum atomic E-state index is -1.81. The molecule has 0 aliphatic carbocycles. The van der Waals surface area contributed by atoms with Gasteiger partial charge >= 0.3 is 7.12 Å². The highest BCUT2D eigenvalue weighted by Crippen LogP contribution is 2.22. The number of amides is 2. The van der Waals surface area contributed by atoms with Crippen molar-refractivity contribution in [2.45, 2.75) is 32.3 Å². The van der Waals surface area contributed by atoms with Crippen LogP contribution in [0.1, 0.15) is 31.0 Å². The number of hydrogen-bond donors (Lipinski definition) is 4. The highest BCUT2D eigenvalue weighted by atomic mass is 16.5. The smallest absolute Gasteiger partial charge is 0.475 e. The van der Waals surface area contributed by atoms with E-state index in [1.165, 1.54) is 13.2 Å². The van der Waals surface area contributed by atoms with Gasteiger partial charge in [0.05, 0.1) is 25.4 Å². The van der Waals surface area contributed by atoms with Gasteiger partial charge in [-0.05, 0) is 49.6 Å². The molecule has 3 aromatic rings. The SMILES string of the molecule is COc1cccc(C(C)NC(=O)C(C)C(=O)N[C@@H](Cc2coc3ccccc23)B(O)O)c1. The number of methoxy groups -OCH3 is 1. The van der Waals surface area contributed by atoms with Crippen molar-refractivity contribution in [3.05, 3.63) is 65.9 Å². The van der Waals surface area contributed by atoms with Crippen LogP contribution < -0.4 is 15.4 Å². The number of carbonyl (C=O) groups is 2. The molecule has 3 atom stereocenters. The molecule has 168 valence electrons. The van der Waals surface area contributed by atoms with Crippen LogP contribution in [0.2, 0.25) is 0 Å². The summed E-state index contributed by atoms with van der Waals surface area (Å²) in [5, 5.41) is 25.8. The van der Waals surface area contributed by atoms with Crippen LogP contribution in [-0.2, 0) is 16.0 Å². The van der Waals surface area contributed by atoms with E-state index >= 15 is 0 Å². The summed E-state index contributed by atoms with van der Waals surface area (Å²) in [6.07, 6.45) is 1.66. The van der Waals surface area contributed by atoms with E-state index in [1.54, 1.807) is 19.2 Å². The summed E-state index contributed by atoms with van der Waals surface area (Å²) in [7, 11) is -0.244. The highest BCUT2D eigenvalue weighted by molar-refractivity contribution is 6.43. The van der Waals surface area contributed by atoms with E-state index in [2.05, 4.69) is 10.6 Å². The van der Waals surface area contributed by atoms with E-state index < -0.39 is 30.8 Å². The number of nitrogens with one attached hydrogen (secondary N) is 2. The molecule has 0 radical (unpaired) electrons. The molecular weight excluding hydrogens is 411 g/mol. The zero-order chi connectivity index (χ0) is 23.3. The van der Waals surface area contributed by atoms with Gasteiger partial charge in [0.2, 0.25) is 11.8 Å². The van der Waals surface area contributed by atoms with Crippen LogP contribution in [0.25, 0.3) is 11.0 Å². The van der Waals surface area contributed by atoms with Crippen LogP contribution in [0.4, 0.5) is 0 Å². The normalized spacial score (nSPS) is 13.8. The first-order valence-corrected chi connectivity index (χ1v) is 10.4. The average Bonchev–Trinajstić information content (AvgIpc) is 3.20. The van der Waals surface area contributed by atoms with Crippen LogP contribution in [0, 0.1) is 5.92 Å². The number of furan rings is 1. The lowest BCUT2D eigenvalue weighted by molar-refractivity contribution is -0.135. The Balaban J connectivity index is 1.63. The van der Waals surface area contributed by atoms with Crippen LogP contribution in [0.15, 0.2) is 59.2 Å². The van der Waals surface area contributed by atoms with Crippen LogP contribution >= 0.6 is 0 Å². The fourth-order valence-electron chi connectivity index (χ4n) is 3.42. The van der Waals surface area contributed by atoms with E-state index in [0.29, 0.717) is 11.3 Å². The van der Waals surface area contributed by atoms with Crippen molar-refractivity contribution in [2.24, 2.45) is 5.92 Å². The van der Waals surface area contributed by atoms with Crippen molar-refractivity contribution < 1.29 is 28.8 Å². The van der Waals surface area contributed by atoms with Crippen molar-refractivity contribution in [2.75, 3.05) is 7.11 Å². The summed E-state index contributed by atoms with van der Waals surface area (Å²) in [6.45, 7) is 3.28. The van der Waals surface area contributed by atoms with Crippen LogP contribution in [0.3, 0.4) is 0 Å². The fourth-order valence-corrected chi connectivity index (χ4v) is 3.42. The molecule has 0 aliphatic rings. The van der Waals surface area contributed by atoms with Gasteiger partial charge < -0.3 is 29.8 Å². The Hall–Kier alpha value is -3.30.